The highest BCUT2D eigenvalue weighted by Gasteiger charge is 2.40. The number of aliphatic hydroxyl groups is 1. The fourth-order valence-electron chi connectivity index (χ4n) is 3.59. The summed E-state index contributed by atoms with van der Waals surface area (Å²) in [5.74, 6) is -1.79. The molecule has 0 aromatic heterocycles. The highest BCUT2D eigenvalue weighted by molar-refractivity contribution is 6.45. The van der Waals surface area contributed by atoms with Crippen LogP contribution >= 0.6 is 11.6 Å². The normalized spacial score (nSPS) is 17.8. The topological polar surface area (TPSA) is 60.9 Å². The summed E-state index contributed by atoms with van der Waals surface area (Å²) in [6, 6.07) is 13.8. The first-order chi connectivity index (χ1) is 13.1. The summed E-state index contributed by atoms with van der Waals surface area (Å²) in [7, 11) is 0. The number of nitrogens with zero attached hydrogens (tertiary/aromatic N) is 2. The Morgan fingerprint density at radius 3 is 2.00 bits per heavy atom. The Hall–Kier alpha value is -2.79. The summed E-state index contributed by atoms with van der Waals surface area (Å²) >= 11 is 5.88. The monoisotopic (exact) mass is 382 g/mol. The molecular formula is C21H19ClN2O3. The van der Waals surface area contributed by atoms with Gasteiger partial charge in [-0.25, -0.2) is 4.90 Å². The lowest BCUT2D eigenvalue weighted by atomic mass is 10.1. The molecule has 2 amide bonds. The second kappa shape index (κ2) is 7.08. The van der Waals surface area contributed by atoms with E-state index in [2.05, 4.69) is 4.90 Å². The first-order valence-corrected chi connectivity index (χ1v) is 9.37. The van der Waals surface area contributed by atoms with Gasteiger partial charge in [-0.3, -0.25) is 9.59 Å². The van der Waals surface area contributed by atoms with Crippen molar-refractivity contribution in [3.05, 3.63) is 64.9 Å². The molecule has 5 nitrogen and oxygen atoms in total. The fourth-order valence-corrected chi connectivity index (χ4v) is 3.72. The molecule has 2 aliphatic heterocycles. The van der Waals surface area contributed by atoms with Crippen LogP contribution in [0.3, 0.4) is 0 Å². The molecule has 4 rings (SSSR count). The van der Waals surface area contributed by atoms with Crippen molar-refractivity contribution in [2.45, 2.75) is 19.3 Å². The van der Waals surface area contributed by atoms with Gasteiger partial charge in [-0.15, -0.1) is 0 Å². The third kappa shape index (κ3) is 3.19. The molecule has 6 heteroatoms. The molecule has 0 radical (unpaired) electrons. The van der Waals surface area contributed by atoms with Crippen LogP contribution in [-0.2, 0) is 9.59 Å². The second-order valence-electron chi connectivity index (χ2n) is 6.74. The number of imide groups is 1. The summed E-state index contributed by atoms with van der Waals surface area (Å²) in [6.07, 6.45) is 3.60. The Labute approximate surface area is 162 Å². The zero-order valence-corrected chi connectivity index (χ0v) is 15.4. The smallest absolute Gasteiger partial charge is 0.301 e. The lowest BCUT2D eigenvalue weighted by Gasteiger charge is -2.29. The molecule has 0 bridgehead atoms. The molecule has 0 atom stereocenters. The van der Waals surface area contributed by atoms with E-state index in [1.807, 2.05) is 12.1 Å². The van der Waals surface area contributed by atoms with Crippen LogP contribution in [-0.4, -0.2) is 30.0 Å². The summed E-state index contributed by atoms with van der Waals surface area (Å²) in [6.45, 7) is 2.04. The Bertz CT molecular complexity index is 913. The van der Waals surface area contributed by atoms with Crippen LogP contribution < -0.4 is 9.80 Å². The number of hydrogen-bond donors (Lipinski definition) is 1. The third-order valence-electron chi connectivity index (χ3n) is 5.02. The molecule has 27 heavy (non-hydrogen) atoms. The number of hydrogen-bond acceptors (Lipinski definition) is 4. The maximum Gasteiger partial charge on any atom is 0.301 e. The molecule has 1 saturated heterocycles. The van der Waals surface area contributed by atoms with E-state index in [0.717, 1.165) is 23.7 Å². The third-order valence-corrected chi connectivity index (χ3v) is 5.27. The number of carbonyl (C=O) groups excluding carboxylic acids is 2. The molecule has 2 aromatic rings. The zero-order chi connectivity index (χ0) is 19.0. The van der Waals surface area contributed by atoms with E-state index >= 15 is 0 Å². The Balaban J connectivity index is 1.60. The number of anilines is 2. The van der Waals surface area contributed by atoms with Crippen molar-refractivity contribution < 1.29 is 14.7 Å². The van der Waals surface area contributed by atoms with Crippen molar-refractivity contribution in [3.63, 3.8) is 0 Å². The van der Waals surface area contributed by atoms with Crippen molar-refractivity contribution in [3.8, 4) is 0 Å². The lowest BCUT2D eigenvalue weighted by molar-refractivity contribution is -0.121. The van der Waals surface area contributed by atoms with E-state index in [0.29, 0.717) is 16.3 Å². The minimum atomic E-state index is -0.712. The Morgan fingerprint density at radius 1 is 0.778 bits per heavy atom. The number of benzene rings is 2. The van der Waals surface area contributed by atoms with E-state index in [-0.39, 0.29) is 5.57 Å². The molecule has 2 heterocycles. The molecule has 0 spiro atoms. The minimum Gasteiger partial charge on any atom is -0.502 e. The summed E-state index contributed by atoms with van der Waals surface area (Å²) < 4.78 is 0. The predicted molar refractivity (Wildman–Crippen MR) is 106 cm³/mol. The maximum atomic E-state index is 12.8. The van der Waals surface area contributed by atoms with Gasteiger partial charge in [0.15, 0.2) is 5.76 Å². The molecule has 2 aliphatic rings. The van der Waals surface area contributed by atoms with Gasteiger partial charge < -0.3 is 10.0 Å². The van der Waals surface area contributed by atoms with Gasteiger partial charge in [0.1, 0.15) is 0 Å². The minimum absolute atomic E-state index is 0.00299. The van der Waals surface area contributed by atoms with Crippen LogP contribution in [0.15, 0.2) is 54.3 Å². The molecule has 0 saturated carbocycles. The highest BCUT2D eigenvalue weighted by atomic mass is 35.5. The number of amides is 2. The van der Waals surface area contributed by atoms with Crippen molar-refractivity contribution in [1.82, 2.24) is 0 Å². The van der Waals surface area contributed by atoms with E-state index in [1.54, 1.807) is 36.4 Å². The van der Waals surface area contributed by atoms with Crippen LogP contribution in [0.25, 0.3) is 5.57 Å². The van der Waals surface area contributed by atoms with E-state index in [4.69, 9.17) is 11.6 Å². The summed E-state index contributed by atoms with van der Waals surface area (Å²) in [4.78, 5) is 28.7. The van der Waals surface area contributed by atoms with Gasteiger partial charge in [-0.05, 0) is 61.2 Å². The number of halogens is 1. The van der Waals surface area contributed by atoms with Crippen LogP contribution in [0.2, 0.25) is 5.02 Å². The largest absolute Gasteiger partial charge is 0.502 e. The van der Waals surface area contributed by atoms with Crippen LogP contribution in [0, 0.1) is 0 Å². The first-order valence-electron chi connectivity index (χ1n) is 8.99. The summed E-state index contributed by atoms with van der Waals surface area (Å²) in [5.41, 5.74) is 1.98. The molecule has 0 unspecified atom stereocenters. The van der Waals surface area contributed by atoms with E-state index in [9.17, 15) is 14.7 Å². The van der Waals surface area contributed by atoms with Crippen molar-refractivity contribution in [1.29, 1.82) is 0 Å². The van der Waals surface area contributed by atoms with Crippen molar-refractivity contribution in [2.75, 3.05) is 22.9 Å². The molecule has 1 N–H and O–H groups in total. The number of aliphatic hydroxyl groups excluding tert-OH is 1. The van der Waals surface area contributed by atoms with Gasteiger partial charge in [0.2, 0.25) is 0 Å². The van der Waals surface area contributed by atoms with Crippen LogP contribution in [0.1, 0.15) is 24.8 Å². The van der Waals surface area contributed by atoms with Gasteiger partial charge in [-0.1, -0.05) is 23.7 Å². The van der Waals surface area contributed by atoms with Crippen LogP contribution in [0.4, 0.5) is 11.4 Å². The van der Waals surface area contributed by atoms with Gasteiger partial charge in [-0.2, -0.15) is 0 Å². The van der Waals surface area contributed by atoms with E-state index in [1.165, 1.54) is 19.3 Å². The molecule has 1 fully saturated rings. The summed E-state index contributed by atoms with van der Waals surface area (Å²) in [5, 5.41) is 10.8. The number of rotatable bonds is 3. The first kappa shape index (κ1) is 17.6. The molecule has 0 aliphatic carbocycles. The average molecular weight is 383 g/mol. The molecule has 2 aromatic carbocycles. The fraction of sp³-hybridized carbons (Fsp3) is 0.238. The Morgan fingerprint density at radius 2 is 1.37 bits per heavy atom. The number of carbonyl (C=O) groups is 2. The van der Waals surface area contributed by atoms with Gasteiger partial charge in [0.05, 0.1) is 11.3 Å². The zero-order valence-electron chi connectivity index (χ0n) is 14.7. The second-order valence-corrected chi connectivity index (χ2v) is 7.18. The highest BCUT2D eigenvalue weighted by Crippen LogP contribution is 2.33. The van der Waals surface area contributed by atoms with Crippen LogP contribution in [0.5, 0.6) is 0 Å². The maximum absolute atomic E-state index is 12.8. The van der Waals surface area contributed by atoms with Crippen molar-refractivity contribution in [2.24, 2.45) is 0 Å². The van der Waals surface area contributed by atoms with E-state index < -0.39 is 17.6 Å². The standard InChI is InChI=1S/C21H19ClN2O3/c22-15-6-4-14(5-7-15)18-19(25)21(27)24(20(18)26)17-10-8-16(9-11-17)23-12-2-1-3-13-23/h4-11,25H,1-3,12-13H2. The average Bonchev–Trinajstić information content (AvgIpc) is 2.92. The predicted octanol–water partition coefficient (Wildman–Crippen LogP) is 4.17. The SMILES string of the molecule is O=C1C(O)=C(c2ccc(Cl)cc2)C(=O)N1c1ccc(N2CCCCC2)cc1. The molecule has 138 valence electrons. The molecular weight excluding hydrogens is 364 g/mol. The van der Waals surface area contributed by atoms with Gasteiger partial charge in [0, 0.05) is 23.8 Å². The van der Waals surface area contributed by atoms with Crippen molar-refractivity contribution >= 4 is 40.4 Å². The number of piperidine rings is 1. The van der Waals surface area contributed by atoms with Gasteiger partial charge in [0.25, 0.3) is 5.91 Å². The lowest BCUT2D eigenvalue weighted by Crippen LogP contribution is -2.32. The quantitative estimate of drug-likeness (QED) is 0.809. The Kier molecular flexibility index (Phi) is 4.62. The van der Waals surface area contributed by atoms with Gasteiger partial charge >= 0.3 is 5.91 Å².